The van der Waals surface area contributed by atoms with Gasteiger partial charge < -0.3 is 24.8 Å². The monoisotopic (exact) mass is 620 g/mol. The number of methoxy groups -OCH3 is 1. The highest BCUT2D eigenvalue weighted by Gasteiger charge is 2.50. The minimum atomic E-state index is -0.613. The minimum Gasteiger partial charge on any atom is -0.508 e. The molecule has 6 heterocycles. The van der Waals surface area contributed by atoms with Crippen LogP contribution in [0, 0.1) is 24.1 Å². The van der Waals surface area contributed by atoms with Gasteiger partial charge in [-0.05, 0) is 55.2 Å². The molecule has 2 aromatic heterocycles. The third-order valence-corrected chi connectivity index (χ3v) is 10.2. The quantitative estimate of drug-likeness (QED) is 0.226. The number of rotatable bonds is 7. The molecule has 4 aromatic rings. The van der Waals surface area contributed by atoms with Crippen molar-refractivity contribution in [2.45, 2.75) is 43.3 Å². The summed E-state index contributed by atoms with van der Waals surface area (Å²) in [7, 11) is 1.74. The predicted octanol–water partition coefficient (Wildman–Crippen LogP) is 4.66. The molecule has 8 rings (SSSR count). The van der Waals surface area contributed by atoms with Crippen LogP contribution in [-0.2, 0) is 4.74 Å². The molecule has 4 saturated heterocycles. The van der Waals surface area contributed by atoms with E-state index in [9.17, 15) is 5.11 Å². The van der Waals surface area contributed by atoms with Crippen molar-refractivity contribution < 1.29 is 19.0 Å². The predicted molar refractivity (Wildman–Crippen MR) is 176 cm³/mol. The number of nitrogens with one attached hydrogen (secondary N) is 1. The summed E-state index contributed by atoms with van der Waals surface area (Å²) in [6, 6.07) is 9.40. The van der Waals surface area contributed by atoms with E-state index in [1.165, 1.54) is 11.6 Å². The number of anilines is 1. The van der Waals surface area contributed by atoms with Gasteiger partial charge in [0.25, 0.3) is 0 Å². The van der Waals surface area contributed by atoms with Crippen LogP contribution in [0.15, 0.2) is 48.7 Å². The normalized spacial score (nSPS) is 25.8. The Morgan fingerprint density at radius 3 is 2.80 bits per heavy atom. The third kappa shape index (κ3) is 4.85. The molecule has 2 N–H and O–H groups in total. The highest BCUT2D eigenvalue weighted by Crippen LogP contribution is 2.44. The summed E-state index contributed by atoms with van der Waals surface area (Å²) in [5.74, 6) is 3.10. The summed E-state index contributed by atoms with van der Waals surface area (Å²) in [5.41, 5.74) is 2.13. The van der Waals surface area contributed by atoms with Gasteiger partial charge in [0.05, 0.1) is 17.5 Å². The Hall–Kier alpha value is -4.30. The van der Waals surface area contributed by atoms with Crippen molar-refractivity contribution in [1.82, 2.24) is 25.2 Å². The smallest absolute Gasteiger partial charge is 0.319 e. The fourth-order valence-electron chi connectivity index (χ4n) is 8.40. The van der Waals surface area contributed by atoms with Crippen molar-refractivity contribution in [3.63, 3.8) is 0 Å². The lowest BCUT2D eigenvalue weighted by Crippen LogP contribution is -2.51. The lowest BCUT2D eigenvalue weighted by molar-refractivity contribution is 0.107. The number of piperazine rings is 1. The first-order valence-corrected chi connectivity index (χ1v) is 16.0. The topological polar surface area (TPSA) is 95.9 Å². The number of aromatic hydroxyl groups is 1. The highest BCUT2D eigenvalue weighted by atomic mass is 19.1. The number of benzene rings is 2. The summed E-state index contributed by atoms with van der Waals surface area (Å²) in [5, 5.41) is 16.1. The summed E-state index contributed by atoms with van der Waals surface area (Å²) >= 11 is 0. The van der Waals surface area contributed by atoms with Crippen molar-refractivity contribution in [2.75, 3.05) is 51.4 Å². The van der Waals surface area contributed by atoms with E-state index in [0.29, 0.717) is 64.3 Å². The van der Waals surface area contributed by atoms with Gasteiger partial charge in [0, 0.05) is 68.1 Å². The van der Waals surface area contributed by atoms with Gasteiger partial charge in [0.15, 0.2) is 5.82 Å². The second-order valence-electron chi connectivity index (χ2n) is 13.4. The van der Waals surface area contributed by atoms with E-state index in [4.69, 9.17) is 25.9 Å². The lowest BCUT2D eigenvalue weighted by atomic mass is 9.90. The molecule has 0 spiro atoms. The van der Waals surface area contributed by atoms with Gasteiger partial charge in [-0.15, -0.1) is 6.42 Å². The molecule has 4 aliphatic rings. The average molecular weight is 621 g/mol. The van der Waals surface area contributed by atoms with Crippen LogP contribution in [0.5, 0.6) is 11.8 Å². The van der Waals surface area contributed by atoms with E-state index in [-0.39, 0.29) is 28.5 Å². The molecule has 236 valence electrons. The summed E-state index contributed by atoms with van der Waals surface area (Å²) in [4.78, 5) is 18.9. The molecule has 0 radical (unpaired) electrons. The molecule has 0 unspecified atom stereocenters. The van der Waals surface area contributed by atoms with Crippen molar-refractivity contribution in [1.29, 1.82) is 0 Å². The van der Waals surface area contributed by atoms with Crippen molar-refractivity contribution in [3.05, 3.63) is 60.1 Å². The first-order chi connectivity index (χ1) is 22.3. The van der Waals surface area contributed by atoms with Crippen LogP contribution < -0.4 is 15.0 Å². The molecule has 0 aliphatic carbocycles. The Bertz CT molecular complexity index is 1910. The molecule has 9 nitrogen and oxygen atoms in total. The lowest BCUT2D eigenvalue weighted by Gasteiger charge is -2.34. The van der Waals surface area contributed by atoms with E-state index in [1.54, 1.807) is 25.4 Å². The van der Waals surface area contributed by atoms with Gasteiger partial charge in [-0.25, -0.2) is 4.39 Å². The molecule has 0 saturated carbocycles. The number of nitrogens with zero attached hydrogens (tertiary/aromatic N) is 5. The van der Waals surface area contributed by atoms with Gasteiger partial charge >= 0.3 is 6.01 Å². The third-order valence-electron chi connectivity index (χ3n) is 10.2. The number of halogens is 1. The van der Waals surface area contributed by atoms with Crippen LogP contribution in [0.1, 0.15) is 31.2 Å². The highest BCUT2D eigenvalue weighted by molar-refractivity contribution is 6.02. The zero-order chi connectivity index (χ0) is 31.6. The zero-order valence-electron chi connectivity index (χ0n) is 25.9. The maximum absolute atomic E-state index is 16.9. The Morgan fingerprint density at radius 1 is 1.20 bits per heavy atom. The zero-order valence-corrected chi connectivity index (χ0v) is 25.9. The second kappa shape index (κ2) is 11.2. The van der Waals surface area contributed by atoms with E-state index in [0.717, 1.165) is 51.9 Å². The number of phenols is 1. The minimum absolute atomic E-state index is 0.00744. The van der Waals surface area contributed by atoms with Crippen LogP contribution in [-0.4, -0.2) is 89.1 Å². The SMILES string of the molecule is C#Cc1cccc2cc(O)cc(-c3ncc4c(N5C[C@H]6CC[C@@H](C5)N6)nc(OC[C@]56CC(=C)CN5C[C@@H](COC)C6)nc4c3F)c12. The van der Waals surface area contributed by atoms with Crippen LogP contribution in [0.2, 0.25) is 0 Å². The van der Waals surface area contributed by atoms with Gasteiger partial charge in [-0.2, -0.15) is 9.97 Å². The Labute approximate surface area is 267 Å². The van der Waals surface area contributed by atoms with Gasteiger partial charge in [-0.1, -0.05) is 30.2 Å². The number of fused-ring (bicyclic) bond motifs is 5. The number of aromatic nitrogens is 3. The van der Waals surface area contributed by atoms with Crippen molar-refractivity contribution >= 4 is 27.5 Å². The number of hydrogen-bond acceptors (Lipinski definition) is 9. The first kappa shape index (κ1) is 29.1. The van der Waals surface area contributed by atoms with Gasteiger partial charge in [0.2, 0.25) is 0 Å². The number of pyridine rings is 1. The maximum atomic E-state index is 16.9. The Balaban J connectivity index is 1.24. The molecule has 4 atom stereocenters. The van der Waals surface area contributed by atoms with Gasteiger partial charge in [-0.3, -0.25) is 9.88 Å². The molecular weight excluding hydrogens is 583 g/mol. The molecule has 2 aromatic carbocycles. The molecule has 0 amide bonds. The largest absolute Gasteiger partial charge is 0.508 e. The van der Waals surface area contributed by atoms with E-state index < -0.39 is 5.82 Å². The van der Waals surface area contributed by atoms with Gasteiger partial charge in [0.1, 0.15) is 29.4 Å². The van der Waals surface area contributed by atoms with Crippen molar-refractivity contribution in [3.8, 4) is 35.4 Å². The molecule has 46 heavy (non-hydrogen) atoms. The van der Waals surface area contributed by atoms with Crippen LogP contribution in [0.3, 0.4) is 0 Å². The molecule has 10 heteroatoms. The molecule has 2 bridgehead atoms. The number of phenolic OH excluding ortho intramolecular Hbond substituents is 1. The van der Waals surface area contributed by atoms with E-state index >= 15 is 4.39 Å². The maximum Gasteiger partial charge on any atom is 0.319 e. The van der Waals surface area contributed by atoms with E-state index in [1.807, 2.05) is 12.1 Å². The average Bonchev–Trinajstić information content (AvgIpc) is 3.66. The standard InChI is InChI=1S/C36H37FN6O3/c1-4-23-6-5-7-24-10-27(44)11-28(30(23)24)32-31(37)33-29(14-38-32)34(42-17-25-8-9-26(18-42)39-25)41-35(40-33)46-20-36-12-21(2)15-43(36)16-22(13-36)19-45-3/h1,5-7,10-11,14,22,25-26,39,44H,2,8-9,12-13,15-20H2,3H3/t22-,25-,26+,36+/m0/s1. The molecular formula is C36H37FN6O3. The van der Waals surface area contributed by atoms with Crippen LogP contribution in [0.4, 0.5) is 10.2 Å². The fourth-order valence-corrected chi connectivity index (χ4v) is 8.40. The summed E-state index contributed by atoms with van der Waals surface area (Å²) in [6.07, 6.45) is 11.4. The molecule has 4 fully saturated rings. The van der Waals surface area contributed by atoms with Crippen LogP contribution in [0.25, 0.3) is 32.9 Å². The number of ether oxygens (including phenoxy) is 2. The summed E-state index contributed by atoms with van der Waals surface area (Å²) in [6.45, 7) is 8.60. The first-order valence-electron chi connectivity index (χ1n) is 16.0. The Kier molecular flexibility index (Phi) is 7.09. The number of hydrogen-bond donors (Lipinski definition) is 2. The molecule has 4 aliphatic heterocycles. The Morgan fingerprint density at radius 2 is 2.02 bits per heavy atom. The number of terminal acetylenes is 1. The van der Waals surface area contributed by atoms with Crippen molar-refractivity contribution in [2.24, 2.45) is 5.92 Å². The van der Waals surface area contributed by atoms with E-state index in [2.05, 4.69) is 32.6 Å². The second-order valence-corrected chi connectivity index (χ2v) is 13.4. The summed E-state index contributed by atoms with van der Waals surface area (Å²) < 4.78 is 28.8. The van der Waals surface area contributed by atoms with Crippen LogP contribution >= 0.6 is 0 Å². The fraction of sp³-hybridized carbons (Fsp3) is 0.417.